The van der Waals surface area contributed by atoms with Crippen LogP contribution in [0, 0.1) is 18.3 Å². The number of hydrogen-bond donors (Lipinski definition) is 2. The maximum Gasteiger partial charge on any atom is 0.201 e. The first-order chi connectivity index (χ1) is 7.61. The van der Waals surface area contributed by atoms with Crippen LogP contribution >= 0.6 is 0 Å². The van der Waals surface area contributed by atoms with Crippen LogP contribution in [-0.2, 0) is 17.3 Å². The Hall–Kier alpha value is -1.38. The highest BCUT2D eigenvalue weighted by Gasteiger charge is 2.25. The van der Waals surface area contributed by atoms with Crippen molar-refractivity contribution < 1.29 is 8.42 Å². The highest BCUT2D eigenvalue weighted by molar-refractivity contribution is 7.70. The van der Waals surface area contributed by atoms with Gasteiger partial charge in [0.15, 0.2) is 0 Å². The van der Waals surface area contributed by atoms with Crippen LogP contribution in [0.25, 0.3) is 0 Å². The SMILES string of the molecule is Cc1cc(C#N)cc2c1C(N[SH](=O)=O)CC2. The minimum absolute atomic E-state index is 0.121. The van der Waals surface area contributed by atoms with Gasteiger partial charge in [0.1, 0.15) is 0 Å². The highest BCUT2D eigenvalue weighted by atomic mass is 32.2. The lowest BCUT2D eigenvalue weighted by Gasteiger charge is -2.12. The van der Waals surface area contributed by atoms with Gasteiger partial charge < -0.3 is 0 Å². The molecular formula is C11H12N2O2S. The Morgan fingerprint density at radius 3 is 2.88 bits per heavy atom. The highest BCUT2D eigenvalue weighted by Crippen LogP contribution is 2.34. The Morgan fingerprint density at radius 1 is 1.50 bits per heavy atom. The van der Waals surface area contributed by atoms with E-state index in [-0.39, 0.29) is 6.04 Å². The summed E-state index contributed by atoms with van der Waals surface area (Å²) in [6, 6.07) is 5.64. The topological polar surface area (TPSA) is 70.0 Å². The van der Waals surface area contributed by atoms with E-state index in [9.17, 15) is 8.42 Å². The summed E-state index contributed by atoms with van der Waals surface area (Å²) >= 11 is 0. The summed E-state index contributed by atoms with van der Waals surface area (Å²) in [6.45, 7) is 1.91. The molecular weight excluding hydrogens is 224 g/mol. The van der Waals surface area contributed by atoms with Gasteiger partial charge in [-0.2, -0.15) is 5.26 Å². The van der Waals surface area contributed by atoms with E-state index in [0.717, 1.165) is 29.5 Å². The first-order valence-corrected chi connectivity index (χ1v) is 6.23. The lowest BCUT2D eigenvalue weighted by atomic mass is 9.99. The molecule has 0 heterocycles. The smallest absolute Gasteiger partial charge is 0.201 e. The van der Waals surface area contributed by atoms with Crippen molar-refractivity contribution in [3.05, 3.63) is 34.4 Å². The summed E-state index contributed by atoms with van der Waals surface area (Å²) in [4.78, 5) is 0. The second-order valence-corrected chi connectivity index (χ2v) is 4.73. The predicted molar refractivity (Wildman–Crippen MR) is 60.4 cm³/mol. The molecule has 0 radical (unpaired) electrons. The summed E-state index contributed by atoms with van der Waals surface area (Å²) in [7, 11) is -2.57. The van der Waals surface area contributed by atoms with Crippen LogP contribution in [0.1, 0.15) is 34.7 Å². The van der Waals surface area contributed by atoms with Gasteiger partial charge in [0.2, 0.25) is 10.9 Å². The van der Waals surface area contributed by atoms with Crippen LogP contribution in [0.3, 0.4) is 0 Å². The Labute approximate surface area is 96.0 Å². The van der Waals surface area contributed by atoms with Gasteiger partial charge in [-0.05, 0) is 48.6 Å². The monoisotopic (exact) mass is 236 g/mol. The predicted octanol–water partition coefficient (Wildman–Crippen LogP) is 0.970. The van der Waals surface area contributed by atoms with Crippen molar-refractivity contribution in [3.63, 3.8) is 0 Å². The number of nitriles is 1. The molecule has 1 aromatic carbocycles. The molecule has 16 heavy (non-hydrogen) atoms. The van der Waals surface area contributed by atoms with E-state index >= 15 is 0 Å². The number of nitrogens with one attached hydrogen (secondary N) is 1. The Morgan fingerprint density at radius 2 is 2.25 bits per heavy atom. The minimum Gasteiger partial charge on any atom is -0.215 e. The van der Waals surface area contributed by atoms with Crippen LogP contribution in [0.2, 0.25) is 0 Å². The lowest BCUT2D eigenvalue weighted by Crippen LogP contribution is -2.17. The number of hydrogen-bond acceptors (Lipinski definition) is 3. The Kier molecular flexibility index (Phi) is 2.95. The van der Waals surface area contributed by atoms with Gasteiger partial charge in [-0.25, -0.2) is 13.1 Å². The zero-order valence-corrected chi connectivity index (χ0v) is 9.75. The quantitative estimate of drug-likeness (QED) is 0.752. The van der Waals surface area contributed by atoms with Gasteiger partial charge in [-0.1, -0.05) is 0 Å². The largest absolute Gasteiger partial charge is 0.215 e. The molecule has 4 nitrogen and oxygen atoms in total. The van der Waals surface area contributed by atoms with Crippen molar-refractivity contribution in [1.29, 1.82) is 5.26 Å². The molecule has 0 fully saturated rings. The molecule has 5 heteroatoms. The molecule has 1 unspecified atom stereocenters. The second-order valence-electron chi connectivity index (χ2n) is 3.96. The lowest BCUT2D eigenvalue weighted by molar-refractivity contribution is 0.573. The number of aryl methyl sites for hydroxylation is 2. The molecule has 0 amide bonds. The van der Waals surface area contributed by atoms with Crippen molar-refractivity contribution >= 4 is 10.9 Å². The molecule has 0 saturated carbocycles. The Bertz CT molecular complexity index is 536. The van der Waals surface area contributed by atoms with E-state index in [1.807, 2.05) is 13.0 Å². The third-order valence-electron chi connectivity index (χ3n) is 2.91. The van der Waals surface area contributed by atoms with Crippen LogP contribution in [0.5, 0.6) is 0 Å². The number of nitrogens with zero attached hydrogens (tertiary/aromatic N) is 1. The average Bonchev–Trinajstić information content (AvgIpc) is 2.60. The van der Waals surface area contributed by atoms with E-state index in [0.29, 0.717) is 5.56 Å². The fourth-order valence-electron chi connectivity index (χ4n) is 2.34. The molecule has 0 bridgehead atoms. The first-order valence-electron chi connectivity index (χ1n) is 5.06. The van der Waals surface area contributed by atoms with Crippen LogP contribution in [0.4, 0.5) is 0 Å². The molecule has 1 N–H and O–H groups in total. The van der Waals surface area contributed by atoms with Gasteiger partial charge in [-0.3, -0.25) is 0 Å². The molecule has 0 spiro atoms. The van der Waals surface area contributed by atoms with Crippen LogP contribution < -0.4 is 4.72 Å². The second kappa shape index (κ2) is 4.24. The number of rotatable bonds is 2. The van der Waals surface area contributed by atoms with Gasteiger partial charge >= 0.3 is 0 Å². The Balaban J connectivity index is 2.44. The normalized spacial score (nSPS) is 18.4. The number of benzene rings is 1. The number of thiol groups is 1. The van der Waals surface area contributed by atoms with Crippen molar-refractivity contribution in [2.75, 3.05) is 0 Å². The molecule has 1 atom stereocenters. The summed E-state index contributed by atoms with van der Waals surface area (Å²) in [5, 5.41) is 8.84. The summed E-state index contributed by atoms with van der Waals surface area (Å²) in [5.74, 6) is 0. The fourth-order valence-corrected chi connectivity index (χ4v) is 2.85. The van der Waals surface area contributed by atoms with E-state index in [2.05, 4.69) is 10.8 Å². The van der Waals surface area contributed by atoms with Crippen molar-refractivity contribution in [2.45, 2.75) is 25.8 Å². The molecule has 0 saturated heterocycles. The standard InChI is InChI=1S/C11H12N2O2S/c1-7-4-8(6-12)5-9-2-3-10(11(7)9)13-16(14)15/h4-5,10,16H,2-3H2,1H3,(H,13,14,15). The van der Waals surface area contributed by atoms with Gasteiger partial charge in [-0.15, -0.1) is 0 Å². The summed E-state index contributed by atoms with van der Waals surface area (Å²) in [6.07, 6.45) is 1.60. The maximum atomic E-state index is 10.7. The molecule has 84 valence electrons. The third-order valence-corrected chi connectivity index (χ3v) is 3.44. The minimum atomic E-state index is -2.57. The zero-order chi connectivity index (χ0) is 11.7. The molecule has 0 aromatic heterocycles. The average molecular weight is 236 g/mol. The molecule has 1 aliphatic rings. The molecule has 1 aromatic rings. The van der Waals surface area contributed by atoms with Crippen molar-refractivity contribution in [3.8, 4) is 6.07 Å². The zero-order valence-electron chi connectivity index (χ0n) is 8.86. The third kappa shape index (κ3) is 1.94. The number of fused-ring (bicyclic) bond motifs is 1. The van der Waals surface area contributed by atoms with Crippen LogP contribution in [0.15, 0.2) is 12.1 Å². The molecule has 1 aliphatic carbocycles. The summed E-state index contributed by atoms with van der Waals surface area (Å²) in [5.41, 5.74) is 3.76. The van der Waals surface area contributed by atoms with Crippen molar-refractivity contribution in [2.24, 2.45) is 0 Å². The first kappa shape index (κ1) is 11.1. The van der Waals surface area contributed by atoms with E-state index in [1.54, 1.807) is 6.07 Å². The van der Waals surface area contributed by atoms with E-state index < -0.39 is 10.9 Å². The van der Waals surface area contributed by atoms with Gasteiger partial charge in [0, 0.05) is 6.04 Å². The van der Waals surface area contributed by atoms with Crippen molar-refractivity contribution in [1.82, 2.24) is 4.72 Å². The summed E-state index contributed by atoms with van der Waals surface area (Å²) < 4.78 is 23.9. The van der Waals surface area contributed by atoms with E-state index in [4.69, 9.17) is 5.26 Å². The molecule has 0 aliphatic heterocycles. The van der Waals surface area contributed by atoms with Crippen LogP contribution in [-0.4, -0.2) is 8.42 Å². The van der Waals surface area contributed by atoms with Gasteiger partial charge in [0.05, 0.1) is 11.6 Å². The van der Waals surface area contributed by atoms with Gasteiger partial charge in [0.25, 0.3) is 0 Å². The fraction of sp³-hybridized carbons (Fsp3) is 0.364. The molecule has 2 rings (SSSR count). The maximum absolute atomic E-state index is 10.7. The van der Waals surface area contributed by atoms with E-state index in [1.165, 1.54) is 0 Å².